The third-order valence-corrected chi connectivity index (χ3v) is 3.12. The number of rotatable bonds is 5. The van der Waals surface area contributed by atoms with Crippen molar-refractivity contribution in [3.05, 3.63) is 64.7 Å². The largest absolute Gasteiger partial charge is 0.504 e. The lowest BCUT2D eigenvalue weighted by Gasteiger charge is -2.04. The molecule has 0 fully saturated rings. The first kappa shape index (κ1) is 15.9. The van der Waals surface area contributed by atoms with Crippen molar-refractivity contribution in [2.24, 2.45) is 0 Å². The molecule has 5 heteroatoms. The Hall–Kier alpha value is -2.46. The van der Waals surface area contributed by atoms with Gasteiger partial charge in [-0.3, -0.25) is 0 Å². The van der Waals surface area contributed by atoms with Gasteiger partial charge < -0.3 is 14.6 Å². The smallest absolute Gasteiger partial charge is 0.331 e. The van der Waals surface area contributed by atoms with E-state index in [9.17, 15) is 9.90 Å². The van der Waals surface area contributed by atoms with Gasteiger partial charge in [-0.25, -0.2) is 4.79 Å². The first-order chi connectivity index (χ1) is 10.6. The molecule has 1 N–H and O–H groups in total. The van der Waals surface area contributed by atoms with Gasteiger partial charge in [-0.1, -0.05) is 29.8 Å². The zero-order valence-corrected chi connectivity index (χ0v) is 12.7. The molecule has 4 nitrogen and oxygen atoms in total. The van der Waals surface area contributed by atoms with Crippen molar-refractivity contribution < 1.29 is 19.4 Å². The quantitative estimate of drug-likeness (QED) is 0.673. The molecule has 22 heavy (non-hydrogen) atoms. The third kappa shape index (κ3) is 4.53. The van der Waals surface area contributed by atoms with Crippen LogP contribution in [0.2, 0.25) is 5.02 Å². The van der Waals surface area contributed by atoms with Crippen molar-refractivity contribution in [3.8, 4) is 11.5 Å². The Labute approximate surface area is 133 Å². The van der Waals surface area contributed by atoms with Gasteiger partial charge in [0.05, 0.1) is 7.11 Å². The van der Waals surface area contributed by atoms with Crippen LogP contribution in [-0.4, -0.2) is 18.2 Å². The number of esters is 1. The number of methoxy groups -OCH3 is 1. The summed E-state index contributed by atoms with van der Waals surface area (Å²) < 4.78 is 10.1. The minimum atomic E-state index is -0.466. The van der Waals surface area contributed by atoms with E-state index in [1.165, 1.54) is 19.3 Å². The van der Waals surface area contributed by atoms with Crippen LogP contribution >= 0.6 is 11.6 Å². The number of ether oxygens (including phenoxy) is 2. The SMILES string of the molecule is COc1cc(/C=C/C(=O)OCc2cccc(Cl)c2)ccc1O. The molecule has 0 saturated carbocycles. The molecule has 0 amide bonds. The van der Waals surface area contributed by atoms with Gasteiger partial charge in [-0.15, -0.1) is 0 Å². The van der Waals surface area contributed by atoms with Crippen molar-refractivity contribution >= 4 is 23.6 Å². The molecule has 0 aliphatic heterocycles. The summed E-state index contributed by atoms with van der Waals surface area (Å²) in [5.74, 6) is -0.0790. The van der Waals surface area contributed by atoms with Gasteiger partial charge in [-0.2, -0.15) is 0 Å². The molecule has 0 aromatic heterocycles. The van der Waals surface area contributed by atoms with Crippen LogP contribution in [0.5, 0.6) is 11.5 Å². The molecular formula is C17H15ClO4. The predicted octanol–water partition coefficient (Wildman–Crippen LogP) is 3.81. The normalized spacial score (nSPS) is 10.6. The fourth-order valence-corrected chi connectivity index (χ4v) is 2.00. The number of hydrogen-bond donors (Lipinski definition) is 1. The predicted molar refractivity (Wildman–Crippen MR) is 84.9 cm³/mol. The molecule has 114 valence electrons. The van der Waals surface area contributed by atoms with Crippen LogP contribution in [0.25, 0.3) is 6.08 Å². The van der Waals surface area contributed by atoms with Crippen LogP contribution < -0.4 is 4.74 Å². The summed E-state index contributed by atoms with van der Waals surface area (Å²) in [6, 6.07) is 11.9. The van der Waals surface area contributed by atoms with Gasteiger partial charge in [0.1, 0.15) is 6.61 Å². The van der Waals surface area contributed by atoms with Gasteiger partial charge in [0, 0.05) is 11.1 Å². The number of phenols is 1. The molecule has 0 unspecified atom stereocenters. The first-order valence-corrected chi connectivity index (χ1v) is 6.92. The Morgan fingerprint density at radius 3 is 2.82 bits per heavy atom. The summed E-state index contributed by atoms with van der Waals surface area (Å²) in [7, 11) is 1.46. The van der Waals surface area contributed by atoms with Gasteiger partial charge in [0.25, 0.3) is 0 Å². The second kappa shape index (κ2) is 7.52. The van der Waals surface area contributed by atoms with E-state index in [1.807, 2.05) is 6.07 Å². The molecule has 0 radical (unpaired) electrons. The molecule has 0 atom stereocenters. The molecule has 0 saturated heterocycles. The fraction of sp³-hybridized carbons (Fsp3) is 0.118. The average Bonchev–Trinajstić information content (AvgIpc) is 2.52. The van der Waals surface area contributed by atoms with E-state index < -0.39 is 5.97 Å². The molecule has 2 aromatic carbocycles. The first-order valence-electron chi connectivity index (χ1n) is 6.55. The monoisotopic (exact) mass is 318 g/mol. The highest BCUT2D eigenvalue weighted by molar-refractivity contribution is 6.30. The summed E-state index contributed by atoms with van der Waals surface area (Å²) in [4.78, 5) is 11.7. The minimum absolute atomic E-state index is 0.0446. The molecule has 0 aliphatic carbocycles. The Morgan fingerprint density at radius 2 is 2.09 bits per heavy atom. The van der Waals surface area contributed by atoms with E-state index in [-0.39, 0.29) is 12.4 Å². The van der Waals surface area contributed by atoms with Gasteiger partial charge in [-0.05, 0) is 41.5 Å². The Bertz CT molecular complexity index is 695. The third-order valence-electron chi connectivity index (χ3n) is 2.89. The van der Waals surface area contributed by atoms with Crippen LogP contribution in [0.15, 0.2) is 48.5 Å². The number of aromatic hydroxyl groups is 1. The van der Waals surface area contributed by atoms with Crippen LogP contribution in [-0.2, 0) is 16.1 Å². The summed E-state index contributed by atoms with van der Waals surface area (Å²) in [6.45, 7) is 0.155. The lowest BCUT2D eigenvalue weighted by Crippen LogP contribution is -2.00. The van der Waals surface area contributed by atoms with Crippen molar-refractivity contribution in [1.82, 2.24) is 0 Å². The number of halogens is 1. The number of carbonyl (C=O) groups is 1. The van der Waals surface area contributed by atoms with Crippen molar-refractivity contribution in [1.29, 1.82) is 0 Å². The van der Waals surface area contributed by atoms with E-state index in [1.54, 1.807) is 36.4 Å². The van der Waals surface area contributed by atoms with Crippen molar-refractivity contribution in [3.63, 3.8) is 0 Å². The maximum absolute atomic E-state index is 11.7. The standard InChI is InChI=1S/C17H15ClO4/c1-21-16-10-12(5-7-15(16)19)6-8-17(20)22-11-13-3-2-4-14(18)9-13/h2-10,19H,11H2,1H3/b8-6+. The topological polar surface area (TPSA) is 55.8 Å². The highest BCUT2D eigenvalue weighted by Crippen LogP contribution is 2.26. The van der Waals surface area contributed by atoms with E-state index in [0.717, 1.165) is 5.56 Å². The lowest BCUT2D eigenvalue weighted by atomic mass is 10.2. The maximum atomic E-state index is 11.7. The lowest BCUT2D eigenvalue weighted by molar-refractivity contribution is -0.138. The number of hydrogen-bond acceptors (Lipinski definition) is 4. The maximum Gasteiger partial charge on any atom is 0.331 e. The molecule has 0 heterocycles. The van der Waals surface area contributed by atoms with E-state index in [2.05, 4.69) is 0 Å². The Kier molecular flexibility index (Phi) is 5.44. The summed E-state index contributed by atoms with van der Waals surface area (Å²) >= 11 is 5.86. The Balaban J connectivity index is 1.94. The highest BCUT2D eigenvalue weighted by atomic mass is 35.5. The van der Waals surface area contributed by atoms with Gasteiger partial charge in [0.15, 0.2) is 11.5 Å². The number of carbonyl (C=O) groups excluding carboxylic acids is 1. The van der Waals surface area contributed by atoms with Crippen LogP contribution in [0.4, 0.5) is 0 Å². The van der Waals surface area contributed by atoms with Gasteiger partial charge in [0.2, 0.25) is 0 Å². The van der Waals surface area contributed by atoms with E-state index >= 15 is 0 Å². The van der Waals surface area contributed by atoms with Crippen LogP contribution in [0.3, 0.4) is 0 Å². The van der Waals surface area contributed by atoms with Crippen LogP contribution in [0, 0.1) is 0 Å². The second-order valence-electron chi connectivity index (χ2n) is 4.50. The summed E-state index contributed by atoms with van der Waals surface area (Å²) in [5, 5.41) is 10.1. The van der Waals surface area contributed by atoms with Crippen molar-refractivity contribution in [2.45, 2.75) is 6.61 Å². The zero-order valence-electron chi connectivity index (χ0n) is 12.0. The molecule has 2 aromatic rings. The fourth-order valence-electron chi connectivity index (χ4n) is 1.79. The Morgan fingerprint density at radius 1 is 1.27 bits per heavy atom. The highest BCUT2D eigenvalue weighted by Gasteiger charge is 2.02. The second-order valence-corrected chi connectivity index (χ2v) is 4.94. The van der Waals surface area contributed by atoms with E-state index in [0.29, 0.717) is 16.3 Å². The molecule has 0 spiro atoms. The summed E-state index contributed by atoms with van der Waals surface area (Å²) in [6.07, 6.45) is 2.90. The molecule has 0 bridgehead atoms. The summed E-state index contributed by atoms with van der Waals surface area (Å²) in [5.41, 5.74) is 1.54. The molecular weight excluding hydrogens is 304 g/mol. The van der Waals surface area contributed by atoms with Crippen molar-refractivity contribution in [2.75, 3.05) is 7.11 Å². The minimum Gasteiger partial charge on any atom is -0.504 e. The number of phenolic OH excluding ortho intramolecular Hbond substituents is 1. The van der Waals surface area contributed by atoms with E-state index in [4.69, 9.17) is 21.1 Å². The average molecular weight is 319 g/mol. The van der Waals surface area contributed by atoms with Gasteiger partial charge >= 0.3 is 5.97 Å². The molecule has 0 aliphatic rings. The zero-order chi connectivity index (χ0) is 15.9. The molecule has 2 rings (SSSR count). The van der Waals surface area contributed by atoms with Crippen LogP contribution in [0.1, 0.15) is 11.1 Å². The number of benzene rings is 2.